The number of nitrogens with one attached hydrogen (secondary N) is 1. The quantitative estimate of drug-likeness (QED) is 0.611. The van der Waals surface area contributed by atoms with Crippen LogP contribution in [0.5, 0.6) is 0 Å². The van der Waals surface area contributed by atoms with E-state index < -0.39 is 12.1 Å². The first-order valence-corrected chi connectivity index (χ1v) is 6.64. The lowest BCUT2D eigenvalue weighted by Gasteiger charge is -2.12. The Balaban J connectivity index is 2.37. The average Bonchev–Trinajstić information content (AvgIpc) is 2.50. The van der Waals surface area contributed by atoms with Crippen LogP contribution in [0.25, 0.3) is 0 Å². The SMILES string of the molecule is C=CCNC(=O)C(C)OC(=O)CCc1ccc(C#N)cc1. The number of aryl methyl sites for hydroxylation is 1. The number of nitrogens with zero attached hydrogens (tertiary/aromatic N) is 1. The number of benzene rings is 1. The summed E-state index contributed by atoms with van der Waals surface area (Å²) in [5.41, 5.74) is 1.52. The van der Waals surface area contributed by atoms with Gasteiger partial charge in [-0.3, -0.25) is 9.59 Å². The molecule has 0 bridgehead atoms. The van der Waals surface area contributed by atoms with Crippen LogP contribution in [0, 0.1) is 11.3 Å². The number of rotatable bonds is 7. The molecular weight excluding hydrogens is 268 g/mol. The molecule has 1 rings (SSSR count). The third-order valence-corrected chi connectivity index (χ3v) is 2.80. The molecule has 21 heavy (non-hydrogen) atoms. The van der Waals surface area contributed by atoms with Gasteiger partial charge in [0.05, 0.1) is 11.6 Å². The molecule has 0 heterocycles. The summed E-state index contributed by atoms with van der Waals surface area (Å²) in [4.78, 5) is 23.2. The topological polar surface area (TPSA) is 79.2 Å². The Hall–Kier alpha value is -2.61. The van der Waals surface area contributed by atoms with Crippen molar-refractivity contribution in [2.75, 3.05) is 6.54 Å². The minimum absolute atomic E-state index is 0.185. The number of amides is 1. The van der Waals surface area contributed by atoms with Gasteiger partial charge in [-0.1, -0.05) is 18.2 Å². The predicted molar refractivity (Wildman–Crippen MR) is 78.2 cm³/mol. The van der Waals surface area contributed by atoms with Gasteiger partial charge in [-0.2, -0.15) is 5.26 Å². The summed E-state index contributed by atoms with van der Waals surface area (Å²) in [7, 11) is 0. The molecule has 0 aliphatic rings. The van der Waals surface area contributed by atoms with E-state index in [1.807, 2.05) is 6.07 Å². The van der Waals surface area contributed by atoms with Gasteiger partial charge in [-0.05, 0) is 31.0 Å². The molecule has 0 aliphatic carbocycles. The van der Waals surface area contributed by atoms with E-state index in [9.17, 15) is 9.59 Å². The summed E-state index contributed by atoms with van der Waals surface area (Å²) in [6, 6.07) is 9.03. The Kier molecular flexibility index (Phi) is 6.69. The highest BCUT2D eigenvalue weighted by Gasteiger charge is 2.16. The van der Waals surface area contributed by atoms with Crippen LogP contribution in [0.2, 0.25) is 0 Å². The van der Waals surface area contributed by atoms with Crippen molar-refractivity contribution < 1.29 is 14.3 Å². The molecule has 1 aromatic carbocycles. The van der Waals surface area contributed by atoms with Gasteiger partial charge in [-0.25, -0.2) is 0 Å². The van der Waals surface area contributed by atoms with Crippen molar-refractivity contribution in [2.24, 2.45) is 0 Å². The standard InChI is InChI=1S/C16H18N2O3/c1-3-10-18-16(20)12(2)21-15(19)9-8-13-4-6-14(11-17)7-5-13/h3-7,12H,1,8-10H2,2H3,(H,18,20). The summed E-state index contributed by atoms with van der Waals surface area (Å²) >= 11 is 0. The van der Waals surface area contributed by atoms with Crippen LogP contribution in [0.15, 0.2) is 36.9 Å². The third kappa shape index (κ3) is 5.91. The molecule has 0 aromatic heterocycles. The van der Waals surface area contributed by atoms with E-state index in [0.717, 1.165) is 5.56 Å². The molecule has 1 atom stereocenters. The molecule has 0 aliphatic heterocycles. The fraction of sp³-hybridized carbons (Fsp3) is 0.312. The number of carbonyl (C=O) groups is 2. The maximum Gasteiger partial charge on any atom is 0.306 e. The first-order valence-electron chi connectivity index (χ1n) is 6.64. The van der Waals surface area contributed by atoms with E-state index in [4.69, 9.17) is 10.00 Å². The Morgan fingerprint density at radius 3 is 2.67 bits per heavy atom. The summed E-state index contributed by atoms with van der Waals surface area (Å²) in [6.07, 6.45) is 1.42. The highest BCUT2D eigenvalue weighted by atomic mass is 16.5. The second kappa shape index (κ2) is 8.54. The van der Waals surface area contributed by atoms with Gasteiger partial charge in [0.1, 0.15) is 0 Å². The molecular formula is C16H18N2O3. The van der Waals surface area contributed by atoms with Crippen molar-refractivity contribution in [2.45, 2.75) is 25.9 Å². The third-order valence-electron chi connectivity index (χ3n) is 2.80. The van der Waals surface area contributed by atoms with Gasteiger partial charge >= 0.3 is 5.97 Å². The molecule has 0 saturated heterocycles. The molecule has 5 heteroatoms. The van der Waals surface area contributed by atoms with Gasteiger partial charge in [-0.15, -0.1) is 6.58 Å². The van der Waals surface area contributed by atoms with Crippen molar-refractivity contribution in [3.63, 3.8) is 0 Å². The zero-order valence-corrected chi connectivity index (χ0v) is 12.0. The van der Waals surface area contributed by atoms with Crippen molar-refractivity contribution >= 4 is 11.9 Å². The zero-order chi connectivity index (χ0) is 15.7. The summed E-state index contributed by atoms with van der Waals surface area (Å²) in [5, 5.41) is 11.3. The van der Waals surface area contributed by atoms with Gasteiger partial charge < -0.3 is 10.1 Å². The first-order chi connectivity index (χ1) is 10.1. The fourth-order valence-corrected chi connectivity index (χ4v) is 1.62. The van der Waals surface area contributed by atoms with Gasteiger partial charge in [0, 0.05) is 13.0 Å². The maximum atomic E-state index is 11.7. The number of esters is 1. The maximum absolute atomic E-state index is 11.7. The van der Waals surface area contributed by atoms with E-state index in [2.05, 4.69) is 11.9 Å². The molecule has 0 fully saturated rings. The lowest BCUT2D eigenvalue weighted by Crippen LogP contribution is -2.35. The van der Waals surface area contributed by atoms with Crippen molar-refractivity contribution in [1.29, 1.82) is 5.26 Å². The Bertz CT molecular complexity index is 544. The van der Waals surface area contributed by atoms with E-state index in [-0.39, 0.29) is 12.3 Å². The molecule has 1 amide bonds. The molecule has 0 radical (unpaired) electrons. The first kappa shape index (κ1) is 16.4. The number of carbonyl (C=O) groups excluding carboxylic acids is 2. The van der Waals surface area contributed by atoms with E-state index in [1.54, 1.807) is 30.3 Å². The normalized spacial score (nSPS) is 11.0. The molecule has 110 valence electrons. The summed E-state index contributed by atoms with van der Waals surface area (Å²) < 4.78 is 5.04. The van der Waals surface area contributed by atoms with Crippen LogP contribution in [0.4, 0.5) is 0 Å². The smallest absolute Gasteiger partial charge is 0.306 e. The van der Waals surface area contributed by atoms with Crippen molar-refractivity contribution in [1.82, 2.24) is 5.32 Å². The lowest BCUT2D eigenvalue weighted by atomic mass is 10.1. The minimum Gasteiger partial charge on any atom is -0.453 e. The predicted octanol–water partition coefficient (Wildman–Crippen LogP) is 1.72. The summed E-state index contributed by atoms with van der Waals surface area (Å²) in [5.74, 6) is -0.776. The van der Waals surface area contributed by atoms with Crippen molar-refractivity contribution in [3.05, 3.63) is 48.0 Å². The fourth-order valence-electron chi connectivity index (χ4n) is 1.62. The second-order valence-electron chi connectivity index (χ2n) is 4.47. The number of hydrogen-bond donors (Lipinski definition) is 1. The van der Waals surface area contributed by atoms with Crippen LogP contribution < -0.4 is 5.32 Å². The molecule has 1 N–H and O–H groups in total. The van der Waals surface area contributed by atoms with Crippen LogP contribution >= 0.6 is 0 Å². The van der Waals surface area contributed by atoms with Crippen molar-refractivity contribution in [3.8, 4) is 6.07 Å². The average molecular weight is 286 g/mol. The molecule has 0 spiro atoms. The van der Waals surface area contributed by atoms with Gasteiger partial charge in [0.15, 0.2) is 6.10 Å². The van der Waals surface area contributed by atoms with Gasteiger partial charge in [0.2, 0.25) is 0 Å². The van der Waals surface area contributed by atoms with E-state index >= 15 is 0 Å². The zero-order valence-electron chi connectivity index (χ0n) is 12.0. The van der Waals surface area contributed by atoms with Crippen LogP contribution in [0.3, 0.4) is 0 Å². The molecule has 5 nitrogen and oxygen atoms in total. The van der Waals surface area contributed by atoms with Gasteiger partial charge in [0.25, 0.3) is 5.91 Å². The highest BCUT2D eigenvalue weighted by molar-refractivity contribution is 5.83. The lowest BCUT2D eigenvalue weighted by molar-refractivity contribution is -0.154. The number of nitriles is 1. The largest absolute Gasteiger partial charge is 0.453 e. The Morgan fingerprint density at radius 2 is 2.10 bits per heavy atom. The second-order valence-corrected chi connectivity index (χ2v) is 4.47. The number of hydrogen-bond acceptors (Lipinski definition) is 4. The van der Waals surface area contributed by atoms with Crippen LogP contribution in [-0.2, 0) is 20.7 Å². The molecule has 0 saturated carbocycles. The summed E-state index contributed by atoms with van der Waals surface area (Å²) in [6.45, 7) is 5.35. The molecule has 1 unspecified atom stereocenters. The minimum atomic E-state index is -0.821. The Morgan fingerprint density at radius 1 is 1.43 bits per heavy atom. The van der Waals surface area contributed by atoms with E-state index in [1.165, 1.54) is 6.92 Å². The van der Waals surface area contributed by atoms with Crippen LogP contribution in [0.1, 0.15) is 24.5 Å². The van der Waals surface area contributed by atoms with Crippen LogP contribution in [-0.4, -0.2) is 24.5 Å². The number of ether oxygens (including phenoxy) is 1. The Labute approximate surface area is 124 Å². The molecule has 1 aromatic rings. The highest BCUT2D eigenvalue weighted by Crippen LogP contribution is 2.07. The monoisotopic (exact) mass is 286 g/mol. The van der Waals surface area contributed by atoms with E-state index in [0.29, 0.717) is 18.5 Å².